The summed E-state index contributed by atoms with van der Waals surface area (Å²) in [6.07, 6.45) is 6.17. The Morgan fingerprint density at radius 3 is 2.85 bits per heavy atom. The van der Waals surface area contributed by atoms with Gasteiger partial charge in [-0.2, -0.15) is 0 Å². The fourth-order valence-corrected chi connectivity index (χ4v) is 3.26. The molecule has 0 saturated carbocycles. The fourth-order valence-electron chi connectivity index (χ4n) is 3.26. The molecule has 4 heteroatoms. The van der Waals surface area contributed by atoms with E-state index in [-0.39, 0.29) is 5.91 Å². The molecule has 2 aliphatic rings. The number of pyridine rings is 1. The van der Waals surface area contributed by atoms with Gasteiger partial charge in [-0.1, -0.05) is 11.6 Å². The molecule has 0 radical (unpaired) electrons. The second-order valence-electron chi connectivity index (χ2n) is 5.81. The number of nitrogens with zero attached hydrogens (tertiary/aromatic N) is 2. The monoisotopic (exact) mass is 272 g/mol. The van der Waals surface area contributed by atoms with Crippen LogP contribution >= 0.6 is 0 Å². The van der Waals surface area contributed by atoms with Gasteiger partial charge in [0.2, 0.25) is 5.88 Å². The molecule has 20 heavy (non-hydrogen) atoms. The highest BCUT2D eigenvalue weighted by Crippen LogP contribution is 2.36. The van der Waals surface area contributed by atoms with E-state index in [1.807, 2.05) is 4.90 Å². The van der Waals surface area contributed by atoms with Crippen molar-refractivity contribution in [2.45, 2.75) is 19.8 Å². The first-order valence-electron chi connectivity index (χ1n) is 7.12. The number of aromatic nitrogens is 1. The topological polar surface area (TPSA) is 42.4 Å². The Bertz CT molecular complexity index is 536. The Morgan fingerprint density at radius 2 is 2.15 bits per heavy atom. The Kier molecular flexibility index (Phi) is 3.47. The van der Waals surface area contributed by atoms with E-state index >= 15 is 0 Å². The first-order valence-corrected chi connectivity index (χ1v) is 7.12. The largest absolute Gasteiger partial charge is 0.481 e. The zero-order valence-electron chi connectivity index (χ0n) is 12.0. The molecule has 1 aliphatic heterocycles. The van der Waals surface area contributed by atoms with Crippen LogP contribution in [-0.2, 0) is 0 Å². The summed E-state index contributed by atoms with van der Waals surface area (Å²) in [5.41, 5.74) is 2.11. The van der Waals surface area contributed by atoms with Gasteiger partial charge in [0.1, 0.15) is 0 Å². The van der Waals surface area contributed by atoms with Crippen LogP contribution in [0, 0.1) is 11.8 Å². The normalized spacial score (nSPS) is 25.1. The average molecular weight is 272 g/mol. The van der Waals surface area contributed by atoms with Gasteiger partial charge in [-0.25, -0.2) is 4.98 Å². The molecule has 0 unspecified atom stereocenters. The van der Waals surface area contributed by atoms with Gasteiger partial charge in [0, 0.05) is 25.4 Å². The minimum absolute atomic E-state index is 0.0900. The van der Waals surface area contributed by atoms with Crippen LogP contribution < -0.4 is 4.74 Å². The van der Waals surface area contributed by atoms with Gasteiger partial charge in [-0.3, -0.25) is 4.79 Å². The molecule has 1 aromatic heterocycles. The van der Waals surface area contributed by atoms with Gasteiger partial charge in [0.15, 0.2) is 0 Å². The number of hydrogen-bond donors (Lipinski definition) is 0. The lowest BCUT2D eigenvalue weighted by Crippen LogP contribution is -2.29. The van der Waals surface area contributed by atoms with Crippen LogP contribution in [-0.4, -0.2) is 36.0 Å². The average Bonchev–Trinajstić information content (AvgIpc) is 2.89. The number of allylic oxidation sites excluding steroid dienone is 2. The van der Waals surface area contributed by atoms with Crippen molar-refractivity contribution in [3.05, 3.63) is 35.5 Å². The summed E-state index contributed by atoms with van der Waals surface area (Å²) >= 11 is 0. The molecule has 1 aliphatic carbocycles. The Labute approximate surface area is 119 Å². The number of methoxy groups -OCH3 is 1. The molecule has 106 valence electrons. The Morgan fingerprint density at radius 1 is 1.35 bits per heavy atom. The highest BCUT2D eigenvalue weighted by Gasteiger charge is 2.36. The van der Waals surface area contributed by atoms with E-state index in [9.17, 15) is 4.79 Å². The summed E-state index contributed by atoms with van der Waals surface area (Å²) in [6, 6.07) is 3.53. The summed E-state index contributed by atoms with van der Waals surface area (Å²) in [6.45, 7) is 3.94. The molecule has 0 N–H and O–H groups in total. The maximum Gasteiger partial charge on any atom is 0.255 e. The molecular formula is C16H20N2O2. The Hall–Kier alpha value is -1.84. The van der Waals surface area contributed by atoms with Crippen molar-refractivity contribution in [2.75, 3.05) is 20.2 Å². The summed E-state index contributed by atoms with van der Waals surface area (Å²) in [5, 5.41) is 0. The van der Waals surface area contributed by atoms with Crippen LogP contribution in [0.2, 0.25) is 0 Å². The van der Waals surface area contributed by atoms with Gasteiger partial charge in [0.25, 0.3) is 5.91 Å². The van der Waals surface area contributed by atoms with Crippen molar-refractivity contribution >= 4 is 5.91 Å². The summed E-state index contributed by atoms with van der Waals surface area (Å²) in [4.78, 5) is 18.6. The first kappa shape index (κ1) is 13.2. The number of fused-ring (bicyclic) bond motifs is 1. The number of ether oxygens (including phenoxy) is 1. The molecule has 3 rings (SSSR count). The lowest BCUT2D eigenvalue weighted by Gasteiger charge is -2.21. The minimum atomic E-state index is 0.0900. The molecule has 1 fully saturated rings. The standard InChI is InChI=1S/C16H20N2O2/c1-11-3-4-13-9-18(10-14(13)7-11)16(19)12-5-6-15(20-2)17-8-12/h3,5-6,8,13-14H,4,7,9-10H2,1-2H3/t13-,14+/m1/s1. The molecule has 1 aromatic rings. The predicted molar refractivity (Wildman–Crippen MR) is 76.7 cm³/mol. The predicted octanol–water partition coefficient (Wildman–Crippen LogP) is 2.52. The SMILES string of the molecule is COc1ccc(C(=O)N2C[C@H]3CC=C(C)C[C@H]3C2)cn1. The van der Waals surface area contributed by atoms with E-state index in [1.165, 1.54) is 5.57 Å². The molecule has 0 bridgehead atoms. The zero-order chi connectivity index (χ0) is 14.1. The van der Waals surface area contributed by atoms with Crippen LogP contribution in [0.5, 0.6) is 5.88 Å². The van der Waals surface area contributed by atoms with Crippen molar-refractivity contribution in [3.8, 4) is 5.88 Å². The zero-order valence-corrected chi connectivity index (χ0v) is 12.0. The van der Waals surface area contributed by atoms with Crippen molar-refractivity contribution in [3.63, 3.8) is 0 Å². The summed E-state index contributed by atoms with van der Waals surface area (Å²) in [7, 11) is 1.57. The lowest BCUT2D eigenvalue weighted by molar-refractivity contribution is 0.0783. The second-order valence-corrected chi connectivity index (χ2v) is 5.81. The van der Waals surface area contributed by atoms with Crippen LogP contribution in [0.4, 0.5) is 0 Å². The number of rotatable bonds is 2. The molecule has 0 aromatic carbocycles. The molecule has 0 spiro atoms. The van der Waals surface area contributed by atoms with Crippen molar-refractivity contribution in [1.82, 2.24) is 9.88 Å². The Balaban J connectivity index is 1.69. The third-order valence-electron chi connectivity index (χ3n) is 4.41. The fraction of sp³-hybridized carbons (Fsp3) is 0.500. The van der Waals surface area contributed by atoms with E-state index in [0.29, 0.717) is 23.3 Å². The number of carbonyl (C=O) groups excluding carboxylic acids is 1. The lowest BCUT2D eigenvalue weighted by atomic mass is 9.83. The maximum absolute atomic E-state index is 12.5. The van der Waals surface area contributed by atoms with Crippen molar-refractivity contribution < 1.29 is 9.53 Å². The van der Waals surface area contributed by atoms with Crippen LogP contribution in [0.1, 0.15) is 30.1 Å². The van der Waals surface area contributed by atoms with Crippen LogP contribution in [0.15, 0.2) is 30.0 Å². The van der Waals surface area contributed by atoms with Gasteiger partial charge in [0.05, 0.1) is 12.7 Å². The highest BCUT2D eigenvalue weighted by molar-refractivity contribution is 5.94. The number of amides is 1. The van der Waals surface area contributed by atoms with E-state index in [0.717, 1.165) is 25.9 Å². The first-order chi connectivity index (χ1) is 9.67. The summed E-state index contributed by atoms with van der Waals surface area (Å²) < 4.78 is 5.02. The van der Waals surface area contributed by atoms with E-state index in [2.05, 4.69) is 18.0 Å². The van der Waals surface area contributed by atoms with E-state index in [1.54, 1.807) is 25.4 Å². The van der Waals surface area contributed by atoms with E-state index < -0.39 is 0 Å². The number of carbonyl (C=O) groups is 1. The molecule has 2 atom stereocenters. The summed E-state index contributed by atoms with van der Waals surface area (Å²) in [5.74, 6) is 1.90. The van der Waals surface area contributed by atoms with Gasteiger partial charge in [-0.15, -0.1) is 0 Å². The van der Waals surface area contributed by atoms with Gasteiger partial charge < -0.3 is 9.64 Å². The van der Waals surface area contributed by atoms with Gasteiger partial charge >= 0.3 is 0 Å². The number of hydrogen-bond acceptors (Lipinski definition) is 3. The smallest absolute Gasteiger partial charge is 0.255 e. The molecule has 1 amide bonds. The van der Waals surface area contributed by atoms with E-state index in [4.69, 9.17) is 4.74 Å². The minimum Gasteiger partial charge on any atom is -0.481 e. The molecular weight excluding hydrogens is 252 g/mol. The third kappa shape index (κ3) is 2.42. The molecule has 4 nitrogen and oxygen atoms in total. The number of likely N-dealkylation sites (tertiary alicyclic amines) is 1. The van der Waals surface area contributed by atoms with Crippen molar-refractivity contribution in [1.29, 1.82) is 0 Å². The quantitative estimate of drug-likeness (QED) is 0.777. The third-order valence-corrected chi connectivity index (χ3v) is 4.41. The van der Waals surface area contributed by atoms with Crippen molar-refractivity contribution in [2.24, 2.45) is 11.8 Å². The highest BCUT2D eigenvalue weighted by atomic mass is 16.5. The molecule has 1 saturated heterocycles. The van der Waals surface area contributed by atoms with Crippen LogP contribution in [0.25, 0.3) is 0 Å². The van der Waals surface area contributed by atoms with Crippen LogP contribution in [0.3, 0.4) is 0 Å². The molecule has 2 heterocycles. The maximum atomic E-state index is 12.5. The second kappa shape index (κ2) is 5.27. The van der Waals surface area contributed by atoms with Gasteiger partial charge in [-0.05, 0) is 37.7 Å².